The largest absolute Gasteiger partial charge is 0.371 e. The molecule has 1 aliphatic heterocycles. The first-order valence-electron chi connectivity index (χ1n) is 8.53. The van der Waals surface area contributed by atoms with E-state index >= 15 is 0 Å². The van der Waals surface area contributed by atoms with Crippen LogP contribution in [0.5, 0.6) is 0 Å². The highest BCUT2D eigenvalue weighted by Crippen LogP contribution is 2.24. The van der Waals surface area contributed by atoms with Gasteiger partial charge in [0.25, 0.3) is 0 Å². The van der Waals surface area contributed by atoms with E-state index in [9.17, 15) is 0 Å². The van der Waals surface area contributed by atoms with Gasteiger partial charge in [0.15, 0.2) is 5.96 Å². The fourth-order valence-electron chi connectivity index (χ4n) is 2.83. The van der Waals surface area contributed by atoms with E-state index in [1.54, 1.807) is 0 Å². The minimum absolute atomic E-state index is 0.669. The molecule has 1 aromatic rings. The molecule has 1 fully saturated rings. The Labute approximate surface area is 148 Å². The summed E-state index contributed by atoms with van der Waals surface area (Å²) in [6, 6.07) is 8.60. The third-order valence-electron chi connectivity index (χ3n) is 4.27. The summed E-state index contributed by atoms with van der Waals surface area (Å²) in [6.07, 6.45) is 2.40. The topological polar surface area (TPSA) is 39.7 Å². The van der Waals surface area contributed by atoms with Crippen molar-refractivity contribution in [1.29, 1.82) is 0 Å². The predicted molar refractivity (Wildman–Crippen MR) is 103 cm³/mol. The Morgan fingerprint density at radius 3 is 2.70 bits per heavy atom. The Hall–Kier alpha value is -1.23. The van der Waals surface area contributed by atoms with Gasteiger partial charge in [-0.2, -0.15) is 0 Å². The zero-order valence-electron chi connectivity index (χ0n) is 14.5. The van der Waals surface area contributed by atoms with Crippen molar-refractivity contribution >= 4 is 27.6 Å². The molecule has 1 atom stereocenters. The first kappa shape index (κ1) is 18.1. The van der Waals surface area contributed by atoms with Gasteiger partial charge >= 0.3 is 0 Å². The maximum absolute atomic E-state index is 4.31. The molecule has 0 aromatic heterocycles. The minimum Gasteiger partial charge on any atom is -0.371 e. The second kappa shape index (κ2) is 9.16. The van der Waals surface area contributed by atoms with Crippen LogP contribution in [0.1, 0.15) is 26.7 Å². The van der Waals surface area contributed by atoms with Crippen LogP contribution in [0.2, 0.25) is 0 Å². The van der Waals surface area contributed by atoms with E-state index in [0.29, 0.717) is 5.92 Å². The van der Waals surface area contributed by atoms with Crippen molar-refractivity contribution < 1.29 is 0 Å². The summed E-state index contributed by atoms with van der Waals surface area (Å²) in [7, 11) is 1.84. The molecule has 1 heterocycles. The molecule has 2 N–H and O–H groups in total. The van der Waals surface area contributed by atoms with Crippen molar-refractivity contribution in [2.24, 2.45) is 16.8 Å². The van der Waals surface area contributed by atoms with Crippen LogP contribution in [-0.2, 0) is 0 Å². The minimum atomic E-state index is 0.669. The van der Waals surface area contributed by atoms with E-state index in [4.69, 9.17) is 0 Å². The molecule has 0 bridgehead atoms. The van der Waals surface area contributed by atoms with Gasteiger partial charge in [0, 0.05) is 43.4 Å². The number of nitrogens with one attached hydrogen (secondary N) is 2. The van der Waals surface area contributed by atoms with E-state index in [-0.39, 0.29) is 0 Å². The van der Waals surface area contributed by atoms with Crippen molar-refractivity contribution in [3.63, 3.8) is 0 Å². The van der Waals surface area contributed by atoms with E-state index in [2.05, 4.69) is 74.6 Å². The molecule has 1 unspecified atom stereocenters. The lowest BCUT2D eigenvalue weighted by Crippen LogP contribution is -2.40. The van der Waals surface area contributed by atoms with Crippen LogP contribution in [0, 0.1) is 11.8 Å². The number of nitrogens with zero attached hydrogens (tertiary/aromatic N) is 2. The van der Waals surface area contributed by atoms with Crippen LogP contribution in [-0.4, -0.2) is 39.2 Å². The number of hydrogen-bond acceptors (Lipinski definition) is 2. The van der Waals surface area contributed by atoms with Crippen molar-refractivity contribution in [1.82, 2.24) is 10.6 Å². The van der Waals surface area contributed by atoms with Crippen molar-refractivity contribution in [3.05, 3.63) is 28.7 Å². The van der Waals surface area contributed by atoms with Gasteiger partial charge in [-0.1, -0.05) is 29.8 Å². The smallest absolute Gasteiger partial charge is 0.190 e. The lowest BCUT2D eigenvalue weighted by molar-refractivity contribution is 0.551. The molecule has 4 nitrogen and oxygen atoms in total. The maximum atomic E-state index is 4.31. The monoisotopic (exact) mass is 380 g/mol. The molecule has 0 spiro atoms. The molecule has 1 aromatic carbocycles. The average molecular weight is 381 g/mol. The van der Waals surface area contributed by atoms with Gasteiger partial charge in [0.05, 0.1) is 0 Å². The number of benzene rings is 1. The average Bonchev–Trinajstić information content (AvgIpc) is 3.00. The van der Waals surface area contributed by atoms with Crippen LogP contribution in [0.4, 0.5) is 5.69 Å². The number of halogens is 1. The summed E-state index contributed by atoms with van der Waals surface area (Å²) in [5.41, 5.74) is 1.31. The summed E-state index contributed by atoms with van der Waals surface area (Å²) >= 11 is 3.50. The van der Waals surface area contributed by atoms with E-state index in [1.165, 1.54) is 18.5 Å². The van der Waals surface area contributed by atoms with Crippen LogP contribution in [0.25, 0.3) is 0 Å². The van der Waals surface area contributed by atoms with Gasteiger partial charge in [-0.05, 0) is 48.9 Å². The zero-order chi connectivity index (χ0) is 16.7. The highest BCUT2D eigenvalue weighted by molar-refractivity contribution is 9.10. The standard InChI is InChI=1S/C18H29BrN4/c1-14(2)8-10-21-18(20-3)22-12-15-9-11-23(13-15)17-6-4-16(19)5-7-17/h4-7,14-15H,8-13H2,1-3H3,(H2,20,21,22). The van der Waals surface area contributed by atoms with Gasteiger partial charge in [0.1, 0.15) is 0 Å². The molecule has 0 radical (unpaired) electrons. The Morgan fingerprint density at radius 1 is 1.30 bits per heavy atom. The quantitative estimate of drug-likeness (QED) is 0.586. The van der Waals surface area contributed by atoms with E-state index < -0.39 is 0 Å². The van der Waals surface area contributed by atoms with Gasteiger partial charge in [-0.15, -0.1) is 0 Å². The van der Waals surface area contributed by atoms with Gasteiger partial charge in [0.2, 0.25) is 0 Å². The third-order valence-corrected chi connectivity index (χ3v) is 4.80. The summed E-state index contributed by atoms with van der Waals surface area (Å²) in [5, 5.41) is 6.86. The summed E-state index contributed by atoms with van der Waals surface area (Å²) in [5.74, 6) is 2.31. The molecular weight excluding hydrogens is 352 g/mol. The van der Waals surface area contributed by atoms with Gasteiger partial charge in [-0.3, -0.25) is 4.99 Å². The third kappa shape index (κ3) is 6.05. The molecule has 0 amide bonds. The van der Waals surface area contributed by atoms with Crippen LogP contribution in [0.3, 0.4) is 0 Å². The first-order valence-corrected chi connectivity index (χ1v) is 9.33. The number of guanidine groups is 1. The second-order valence-electron chi connectivity index (χ2n) is 6.64. The Kier molecular flexibility index (Phi) is 7.21. The highest BCUT2D eigenvalue weighted by atomic mass is 79.9. The van der Waals surface area contributed by atoms with Gasteiger partial charge < -0.3 is 15.5 Å². The lowest BCUT2D eigenvalue weighted by Gasteiger charge is -2.19. The number of aliphatic imine (C=N–C) groups is 1. The van der Waals surface area contributed by atoms with Crippen molar-refractivity contribution in [2.45, 2.75) is 26.7 Å². The molecule has 0 saturated carbocycles. The fraction of sp³-hybridized carbons (Fsp3) is 0.611. The maximum Gasteiger partial charge on any atom is 0.190 e. The van der Waals surface area contributed by atoms with E-state index in [0.717, 1.165) is 42.5 Å². The second-order valence-corrected chi connectivity index (χ2v) is 7.56. The van der Waals surface area contributed by atoms with E-state index in [1.807, 2.05) is 7.05 Å². The lowest BCUT2D eigenvalue weighted by atomic mass is 10.1. The van der Waals surface area contributed by atoms with Crippen molar-refractivity contribution in [3.8, 4) is 0 Å². The Balaban J connectivity index is 1.73. The molecule has 1 aliphatic rings. The Bertz CT molecular complexity index is 498. The molecular formula is C18H29BrN4. The van der Waals surface area contributed by atoms with Gasteiger partial charge in [-0.25, -0.2) is 0 Å². The van der Waals surface area contributed by atoms with Crippen LogP contribution in [0.15, 0.2) is 33.7 Å². The SMILES string of the molecule is CN=C(NCCC(C)C)NCC1CCN(c2ccc(Br)cc2)C1. The number of rotatable bonds is 6. The predicted octanol–water partition coefficient (Wildman–Crippen LogP) is 3.49. The number of anilines is 1. The molecule has 23 heavy (non-hydrogen) atoms. The van der Waals surface area contributed by atoms with Crippen LogP contribution < -0.4 is 15.5 Å². The first-order chi connectivity index (χ1) is 11.1. The van der Waals surface area contributed by atoms with Crippen LogP contribution >= 0.6 is 15.9 Å². The fourth-order valence-corrected chi connectivity index (χ4v) is 3.09. The summed E-state index contributed by atoms with van der Waals surface area (Å²) in [6.45, 7) is 8.69. The summed E-state index contributed by atoms with van der Waals surface area (Å²) < 4.78 is 1.13. The summed E-state index contributed by atoms with van der Waals surface area (Å²) in [4.78, 5) is 6.77. The molecule has 128 valence electrons. The van der Waals surface area contributed by atoms with Crippen molar-refractivity contribution in [2.75, 3.05) is 38.1 Å². The normalized spacial score (nSPS) is 18.6. The number of hydrogen-bond donors (Lipinski definition) is 2. The Morgan fingerprint density at radius 2 is 2.04 bits per heavy atom. The highest BCUT2D eigenvalue weighted by Gasteiger charge is 2.22. The molecule has 0 aliphatic carbocycles. The molecule has 5 heteroatoms. The molecule has 2 rings (SSSR count). The molecule has 1 saturated heterocycles. The zero-order valence-corrected chi connectivity index (χ0v) is 16.1.